The second-order valence-corrected chi connectivity index (χ2v) is 5.29. The van der Waals surface area contributed by atoms with Gasteiger partial charge in [0.25, 0.3) is 0 Å². The van der Waals surface area contributed by atoms with Crippen LogP contribution in [-0.2, 0) is 0 Å². The fourth-order valence-corrected chi connectivity index (χ4v) is 2.64. The van der Waals surface area contributed by atoms with E-state index in [1.54, 1.807) is 25.1 Å². The molecule has 0 radical (unpaired) electrons. The largest absolute Gasteiger partial charge is 0.383 e. The van der Waals surface area contributed by atoms with Crippen LogP contribution >= 0.6 is 22.9 Å². The van der Waals surface area contributed by atoms with Crippen LogP contribution in [0.4, 0.5) is 4.39 Å². The lowest BCUT2D eigenvalue weighted by Crippen LogP contribution is -2.00. The number of halogens is 2. The van der Waals surface area contributed by atoms with Gasteiger partial charge in [-0.3, -0.25) is 0 Å². The van der Waals surface area contributed by atoms with Crippen molar-refractivity contribution in [1.82, 2.24) is 0 Å². The van der Waals surface area contributed by atoms with Gasteiger partial charge >= 0.3 is 0 Å². The van der Waals surface area contributed by atoms with Crippen molar-refractivity contribution in [3.63, 3.8) is 0 Å². The van der Waals surface area contributed by atoms with Crippen LogP contribution in [0.5, 0.6) is 0 Å². The quantitative estimate of drug-likeness (QED) is 0.863. The fourth-order valence-electron chi connectivity index (χ4n) is 1.57. The van der Waals surface area contributed by atoms with Gasteiger partial charge in [-0.05, 0) is 42.3 Å². The molecule has 1 heterocycles. The fraction of sp³-hybridized carbons (Fsp3) is 0.167. The highest BCUT2D eigenvalue weighted by molar-refractivity contribution is 7.16. The van der Waals surface area contributed by atoms with Crippen LogP contribution < -0.4 is 0 Å². The molecule has 16 heavy (non-hydrogen) atoms. The van der Waals surface area contributed by atoms with E-state index in [4.69, 9.17) is 11.6 Å². The maximum absolute atomic E-state index is 12.9. The molecule has 0 amide bonds. The van der Waals surface area contributed by atoms with Gasteiger partial charge in [0.05, 0.1) is 4.34 Å². The number of hydrogen-bond donors (Lipinski definition) is 1. The third kappa shape index (κ3) is 2.26. The van der Waals surface area contributed by atoms with E-state index in [0.717, 1.165) is 10.4 Å². The normalized spacial score (nSPS) is 12.8. The summed E-state index contributed by atoms with van der Waals surface area (Å²) in [7, 11) is 0. The average molecular weight is 257 g/mol. The predicted molar refractivity (Wildman–Crippen MR) is 64.5 cm³/mol. The molecular formula is C12H10ClFOS. The number of aliphatic hydroxyl groups is 1. The molecule has 1 aromatic carbocycles. The molecule has 0 aliphatic heterocycles. The zero-order valence-corrected chi connectivity index (χ0v) is 10.1. The van der Waals surface area contributed by atoms with Crippen molar-refractivity contribution in [3.05, 3.63) is 56.5 Å². The van der Waals surface area contributed by atoms with Crippen LogP contribution in [0, 0.1) is 12.7 Å². The third-order valence-electron chi connectivity index (χ3n) is 2.39. The van der Waals surface area contributed by atoms with Gasteiger partial charge in [-0.2, -0.15) is 0 Å². The SMILES string of the molecule is Cc1cc(F)ccc1C(O)c1ccc(Cl)s1. The van der Waals surface area contributed by atoms with E-state index in [0.29, 0.717) is 9.90 Å². The summed E-state index contributed by atoms with van der Waals surface area (Å²) >= 11 is 7.13. The first-order valence-electron chi connectivity index (χ1n) is 4.77. The summed E-state index contributed by atoms with van der Waals surface area (Å²) in [6, 6.07) is 7.88. The zero-order chi connectivity index (χ0) is 11.7. The molecule has 4 heteroatoms. The van der Waals surface area contributed by atoms with Gasteiger partial charge in [-0.25, -0.2) is 4.39 Å². The van der Waals surface area contributed by atoms with E-state index in [1.165, 1.54) is 23.5 Å². The molecule has 0 fully saturated rings. The van der Waals surface area contributed by atoms with E-state index >= 15 is 0 Å². The minimum atomic E-state index is -0.738. The van der Waals surface area contributed by atoms with Crippen LogP contribution in [0.1, 0.15) is 22.1 Å². The highest BCUT2D eigenvalue weighted by Crippen LogP contribution is 2.32. The standard InChI is InChI=1S/C12H10ClFOS/c1-7-6-8(14)2-3-9(7)12(15)10-4-5-11(13)16-10/h2-6,12,15H,1H3. The number of rotatable bonds is 2. The molecule has 2 rings (SSSR count). The van der Waals surface area contributed by atoms with Crippen molar-refractivity contribution < 1.29 is 9.50 Å². The molecule has 2 aromatic rings. The molecule has 0 saturated heterocycles. The Labute approximate surface area is 102 Å². The Bertz CT molecular complexity index is 509. The lowest BCUT2D eigenvalue weighted by Gasteiger charge is -2.11. The molecule has 0 aliphatic carbocycles. The van der Waals surface area contributed by atoms with Gasteiger partial charge in [0.1, 0.15) is 11.9 Å². The van der Waals surface area contributed by atoms with Crippen LogP contribution in [-0.4, -0.2) is 5.11 Å². The summed E-state index contributed by atoms with van der Waals surface area (Å²) in [5.41, 5.74) is 1.44. The Morgan fingerprint density at radius 2 is 2.06 bits per heavy atom. The Morgan fingerprint density at radius 3 is 2.62 bits per heavy atom. The first-order chi connectivity index (χ1) is 7.58. The zero-order valence-electron chi connectivity index (χ0n) is 8.58. The van der Waals surface area contributed by atoms with E-state index in [2.05, 4.69) is 0 Å². The lowest BCUT2D eigenvalue weighted by molar-refractivity contribution is 0.223. The molecule has 1 atom stereocenters. The van der Waals surface area contributed by atoms with Gasteiger partial charge in [-0.1, -0.05) is 17.7 Å². The first kappa shape index (κ1) is 11.6. The molecule has 0 saturated carbocycles. The lowest BCUT2D eigenvalue weighted by atomic mass is 10.0. The Balaban J connectivity index is 2.37. The molecule has 84 valence electrons. The highest BCUT2D eigenvalue weighted by atomic mass is 35.5. The molecule has 0 bridgehead atoms. The van der Waals surface area contributed by atoms with Crippen molar-refractivity contribution in [2.45, 2.75) is 13.0 Å². The minimum absolute atomic E-state index is 0.294. The van der Waals surface area contributed by atoms with Crippen LogP contribution in [0.2, 0.25) is 4.34 Å². The van der Waals surface area contributed by atoms with Gasteiger partial charge in [0.15, 0.2) is 0 Å². The average Bonchev–Trinajstić information content (AvgIpc) is 2.64. The summed E-state index contributed by atoms with van der Waals surface area (Å²) in [5.74, 6) is -0.294. The Hall–Kier alpha value is -0.900. The molecule has 1 nitrogen and oxygen atoms in total. The highest BCUT2D eigenvalue weighted by Gasteiger charge is 2.15. The topological polar surface area (TPSA) is 20.2 Å². The van der Waals surface area contributed by atoms with Gasteiger partial charge in [0, 0.05) is 4.88 Å². The van der Waals surface area contributed by atoms with E-state index in [-0.39, 0.29) is 5.82 Å². The molecule has 0 aliphatic rings. The summed E-state index contributed by atoms with van der Waals surface area (Å²) in [6.45, 7) is 1.77. The second kappa shape index (κ2) is 4.53. The molecule has 1 N–H and O–H groups in total. The molecule has 1 aromatic heterocycles. The number of aliphatic hydroxyl groups excluding tert-OH is 1. The third-order valence-corrected chi connectivity index (χ3v) is 3.67. The smallest absolute Gasteiger partial charge is 0.123 e. The number of benzene rings is 1. The van der Waals surface area contributed by atoms with E-state index < -0.39 is 6.10 Å². The van der Waals surface area contributed by atoms with Crippen LogP contribution in [0.3, 0.4) is 0 Å². The first-order valence-corrected chi connectivity index (χ1v) is 5.96. The predicted octanol–water partition coefficient (Wildman–Crippen LogP) is 3.93. The molecule has 0 spiro atoms. The van der Waals surface area contributed by atoms with E-state index in [9.17, 15) is 9.50 Å². The van der Waals surface area contributed by atoms with Crippen molar-refractivity contribution >= 4 is 22.9 Å². The van der Waals surface area contributed by atoms with Crippen molar-refractivity contribution in [3.8, 4) is 0 Å². The summed E-state index contributed by atoms with van der Waals surface area (Å²) in [4.78, 5) is 0.764. The number of thiophene rings is 1. The Kier molecular flexibility index (Phi) is 3.28. The van der Waals surface area contributed by atoms with Gasteiger partial charge in [-0.15, -0.1) is 11.3 Å². The van der Waals surface area contributed by atoms with Crippen LogP contribution in [0.25, 0.3) is 0 Å². The molecular weight excluding hydrogens is 247 g/mol. The minimum Gasteiger partial charge on any atom is -0.383 e. The molecule has 1 unspecified atom stereocenters. The van der Waals surface area contributed by atoms with Gasteiger partial charge in [0.2, 0.25) is 0 Å². The maximum atomic E-state index is 12.9. The van der Waals surface area contributed by atoms with Crippen molar-refractivity contribution in [2.24, 2.45) is 0 Å². The second-order valence-electron chi connectivity index (χ2n) is 3.55. The monoisotopic (exact) mass is 256 g/mol. The number of hydrogen-bond acceptors (Lipinski definition) is 2. The van der Waals surface area contributed by atoms with E-state index in [1.807, 2.05) is 0 Å². The summed E-state index contributed by atoms with van der Waals surface area (Å²) < 4.78 is 13.6. The summed E-state index contributed by atoms with van der Waals surface area (Å²) in [6.07, 6.45) is -0.738. The maximum Gasteiger partial charge on any atom is 0.123 e. The van der Waals surface area contributed by atoms with Crippen LogP contribution in [0.15, 0.2) is 30.3 Å². The summed E-state index contributed by atoms with van der Waals surface area (Å²) in [5, 5.41) is 10.1. The van der Waals surface area contributed by atoms with Crippen molar-refractivity contribution in [1.29, 1.82) is 0 Å². The Morgan fingerprint density at radius 1 is 1.31 bits per heavy atom. The van der Waals surface area contributed by atoms with Gasteiger partial charge < -0.3 is 5.11 Å². The van der Waals surface area contributed by atoms with Crippen molar-refractivity contribution in [2.75, 3.05) is 0 Å². The number of aryl methyl sites for hydroxylation is 1.